The molecule has 2 aliphatic heterocycles. The Balaban J connectivity index is 1.28. The van der Waals surface area contributed by atoms with Gasteiger partial charge in [0.05, 0.1) is 6.54 Å². The van der Waals surface area contributed by atoms with Gasteiger partial charge in [0.25, 0.3) is 5.95 Å². The second-order valence-corrected chi connectivity index (χ2v) is 6.83. The molecule has 0 radical (unpaired) electrons. The van der Waals surface area contributed by atoms with Crippen molar-refractivity contribution in [1.29, 1.82) is 0 Å². The van der Waals surface area contributed by atoms with Crippen molar-refractivity contribution < 1.29 is 13.9 Å². The number of hydrogen-bond acceptors (Lipinski definition) is 4. The summed E-state index contributed by atoms with van der Waals surface area (Å²) in [5, 5.41) is 0. The Morgan fingerprint density at radius 1 is 1.04 bits per heavy atom. The Kier molecular flexibility index (Phi) is 4.74. The molecule has 0 spiro atoms. The highest BCUT2D eigenvalue weighted by Gasteiger charge is 2.30. The van der Waals surface area contributed by atoms with Crippen molar-refractivity contribution in [2.75, 3.05) is 19.6 Å². The van der Waals surface area contributed by atoms with Crippen LogP contribution in [-0.4, -0.2) is 41.4 Å². The molecule has 2 saturated heterocycles. The minimum atomic E-state index is 0.340. The molecule has 0 unspecified atom stereocenters. The average Bonchev–Trinajstić information content (AvgIpc) is 3.26. The number of likely N-dealkylation sites (tertiary alicyclic amines) is 2. The number of para-hydroxylation sites is 1. The standard InChI is InChI=1S/C20H24N2O3/c23-19-7-4-12-22(19)16-10-13-21(14-11-16)15-18-8-9-20(25-18)24-17-5-2-1-3-6-17/h1-3,5-6,8-9,16H,4,7,10-15H2. The number of carbonyl (C=O) groups excluding carboxylic acids is 1. The maximum absolute atomic E-state index is 11.9. The third-order valence-corrected chi connectivity index (χ3v) is 5.09. The van der Waals surface area contributed by atoms with Crippen LogP contribution in [-0.2, 0) is 11.3 Å². The summed E-state index contributed by atoms with van der Waals surface area (Å²) in [7, 11) is 0. The van der Waals surface area contributed by atoms with Crippen LogP contribution in [0.3, 0.4) is 0 Å². The van der Waals surface area contributed by atoms with E-state index in [9.17, 15) is 4.79 Å². The highest BCUT2D eigenvalue weighted by molar-refractivity contribution is 5.78. The second-order valence-electron chi connectivity index (χ2n) is 6.83. The predicted molar refractivity (Wildman–Crippen MR) is 94.5 cm³/mol. The van der Waals surface area contributed by atoms with Crippen LogP contribution in [0, 0.1) is 0 Å². The van der Waals surface area contributed by atoms with Crippen LogP contribution in [0.2, 0.25) is 0 Å². The lowest BCUT2D eigenvalue weighted by atomic mass is 10.0. The summed E-state index contributed by atoms with van der Waals surface area (Å²) < 4.78 is 11.5. The largest absolute Gasteiger partial charge is 0.429 e. The van der Waals surface area contributed by atoms with Gasteiger partial charge in [0.1, 0.15) is 11.5 Å². The molecule has 2 aliphatic rings. The highest BCUT2D eigenvalue weighted by Crippen LogP contribution is 2.26. The zero-order valence-corrected chi connectivity index (χ0v) is 14.4. The summed E-state index contributed by atoms with van der Waals surface area (Å²) in [5.74, 6) is 2.56. The molecule has 0 saturated carbocycles. The van der Waals surface area contributed by atoms with E-state index >= 15 is 0 Å². The topological polar surface area (TPSA) is 45.9 Å². The van der Waals surface area contributed by atoms with Crippen molar-refractivity contribution >= 4 is 5.91 Å². The number of hydrogen-bond donors (Lipinski definition) is 0. The monoisotopic (exact) mass is 340 g/mol. The quantitative estimate of drug-likeness (QED) is 0.833. The van der Waals surface area contributed by atoms with Crippen LogP contribution in [0.4, 0.5) is 0 Å². The Morgan fingerprint density at radius 2 is 1.84 bits per heavy atom. The van der Waals surface area contributed by atoms with Gasteiger partial charge in [0.2, 0.25) is 5.91 Å². The van der Waals surface area contributed by atoms with Crippen LogP contribution in [0.25, 0.3) is 0 Å². The number of amides is 1. The van der Waals surface area contributed by atoms with E-state index in [-0.39, 0.29) is 0 Å². The Labute approximate surface area is 148 Å². The summed E-state index contributed by atoms with van der Waals surface area (Å²) in [5.41, 5.74) is 0. The van der Waals surface area contributed by atoms with E-state index in [2.05, 4.69) is 9.80 Å². The van der Waals surface area contributed by atoms with Gasteiger partial charge in [0, 0.05) is 38.2 Å². The van der Waals surface area contributed by atoms with Gasteiger partial charge in [0.15, 0.2) is 0 Å². The molecule has 5 nitrogen and oxygen atoms in total. The molecular formula is C20H24N2O3. The first kappa shape index (κ1) is 16.2. The van der Waals surface area contributed by atoms with Crippen LogP contribution < -0.4 is 4.74 Å². The van der Waals surface area contributed by atoms with Crippen LogP contribution in [0.5, 0.6) is 11.7 Å². The van der Waals surface area contributed by atoms with Crippen LogP contribution >= 0.6 is 0 Å². The molecule has 0 aliphatic carbocycles. The molecule has 0 bridgehead atoms. The first-order chi connectivity index (χ1) is 12.3. The highest BCUT2D eigenvalue weighted by atomic mass is 16.6. The number of furan rings is 1. The van der Waals surface area contributed by atoms with Gasteiger partial charge < -0.3 is 14.1 Å². The summed E-state index contributed by atoms with van der Waals surface area (Å²) in [6.07, 6.45) is 3.87. The molecule has 1 amide bonds. The minimum Gasteiger partial charge on any atom is -0.429 e. The summed E-state index contributed by atoms with van der Waals surface area (Å²) in [6.45, 7) is 3.74. The molecule has 0 atom stereocenters. The van der Waals surface area contributed by atoms with Crippen molar-refractivity contribution in [2.24, 2.45) is 0 Å². The smallest absolute Gasteiger partial charge is 0.290 e. The van der Waals surface area contributed by atoms with E-state index in [0.29, 0.717) is 17.9 Å². The van der Waals surface area contributed by atoms with Crippen molar-refractivity contribution in [2.45, 2.75) is 38.3 Å². The average molecular weight is 340 g/mol. The van der Waals surface area contributed by atoms with E-state index in [4.69, 9.17) is 9.15 Å². The predicted octanol–water partition coefficient (Wildman–Crippen LogP) is 3.66. The number of ether oxygens (including phenoxy) is 1. The van der Waals surface area contributed by atoms with Crippen molar-refractivity contribution in [3.8, 4) is 11.7 Å². The zero-order chi connectivity index (χ0) is 17.1. The zero-order valence-electron chi connectivity index (χ0n) is 14.4. The normalized spacial score (nSPS) is 19.5. The number of benzene rings is 1. The molecular weight excluding hydrogens is 316 g/mol. The number of rotatable bonds is 5. The second kappa shape index (κ2) is 7.31. The van der Waals surface area contributed by atoms with Crippen molar-refractivity contribution in [1.82, 2.24) is 9.80 Å². The van der Waals surface area contributed by atoms with Crippen molar-refractivity contribution in [3.05, 3.63) is 48.2 Å². The fourth-order valence-corrected chi connectivity index (χ4v) is 3.77. The molecule has 1 aromatic carbocycles. The molecule has 132 valence electrons. The van der Waals surface area contributed by atoms with E-state index in [0.717, 1.165) is 63.4 Å². The van der Waals surface area contributed by atoms with Gasteiger partial charge in [-0.1, -0.05) is 18.2 Å². The SMILES string of the molecule is O=C1CCCN1C1CCN(Cc2ccc(Oc3ccccc3)o2)CC1. The number of nitrogens with zero attached hydrogens (tertiary/aromatic N) is 2. The maximum Gasteiger partial charge on any atom is 0.290 e. The Morgan fingerprint density at radius 3 is 2.56 bits per heavy atom. The van der Waals surface area contributed by atoms with Gasteiger partial charge in [-0.25, -0.2) is 0 Å². The maximum atomic E-state index is 11.9. The third kappa shape index (κ3) is 3.87. The van der Waals surface area contributed by atoms with E-state index < -0.39 is 0 Å². The molecule has 1 aromatic heterocycles. The fraction of sp³-hybridized carbons (Fsp3) is 0.450. The first-order valence-electron chi connectivity index (χ1n) is 9.11. The van der Waals surface area contributed by atoms with Crippen LogP contribution in [0.15, 0.2) is 46.9 Å². The lowest BCUT2D eigenvalue weighted by molar-refractivity contribution is -0.130. The van der Waals surface area contributed by atoms with Gasteiger partial charge in [-0.2, -0.15) is 0 Å². The molecule has 25 heavy (non-hydrogen) atoms. The van der Waals surface area contributed by atoms with Gasteiger partial charge in [-0.3, -0.25) is 9.69 Å². The summed E-state index contributed by atoms with van der Waals surface area (Å²) >= 11 is 0. The molecule has 5 heteroatoms. The Hall–Kier alpha value is -2.27. The molecule has 2 aromatic rings. The summed E-state index contributed by atoms with van der Waals surface area (Å²) in [4.78, 5) is 16.4. The Bertz CT molecular complexity index is 705. The van der Waals surface area contributed by atoms with Crippen molar-refractivity contribution in [3.63, 3.8) is 0 Å². The summed E-state index contributed by atoms with van der Waals surface area (Å²) in [6, 6.07) is 13.9. The third-order valence-electron chi connectivity index (χ3n) is 5.09. The molecule has 0 N–H and O–H groups in total. The van der Waals surface area contributed by atoms with E-state index in [1.165, 1.54) is 0 Å². The number of carbonyl (C=O) groups is 1. The van der Waals surface area contributed by atoms with Gasteiger partial charge in [-0.05, 0) is 37.5 Å². The molecule has 4 rings (SSSR count). The van der Waals surface area contributed by atoms with Crippen LogP contribution in [0.1, 0.15) is 31.4 Å². The number of piperidine rings is 1. The molecule has 2 fully saturated rings. The minimum absolute atomic E-state index is 0.340. The van der Waals surface area contributed by atoms with E-state index in [1.54, 1.807) is 0 Å². The lowest BCUT2D eigenvalue weighted by Gasteiger charge is -2.36. The fourth-order valence-electron chi connectivity index (χ4n) is 3.77. The lowest BCUT2D eigenvalue weighted by Crippen LogP contribution is -2.45. The molecule has 3 heterocycles. The van der Waals surface area contributed by atoms with Gasteiger partial charge >= 0.3 is 0 Å². The first-order valence-corrected chi connectivity index (χ1v) is 9.11. The van der Waals surface area contributed by atoms with Gasteiger partial charge in [-0.15, -0.1) is 0 Å². The van der Waals surface area contributed by atoms with E-state index in [1.807, 2.05) is 42.5 Å².